The molecular formula is C21H25FN2. The van der Waals surface area contributed by atoms with Gasteiger partial charge in [-0.25, -0.2) is 9.38 Å². The summed E-state index contributed by atoms with van der Waals surface area (Å²) >= 11 is 0. The Kier molecular flexibility index (Phi) is 4.98. The van der Waals surface area contributed by atoms with Gasteiger partial charge in [-0.2, -0.15) is 0 Å². The van der Waals surface area contributed by atoms with Crippen molar-refractivity contribution in [1.29, 1.82) is 0 Å². The third-order valence-corrected chi connectivity index (χ3v) is 4.63. The minimum Gasteiger partial charge on any atom is -0.365 e. The van der Waals surface area contributed by atoms with E-state index in [9.17, 15) is 4.39 Å². The minimum absolute atomic E-state index is 0.140. The number of aliphatic imine (C=N–C) groups is 1. The van der Waals surface area contributed by atoms with Crippen LogP contribution >= 0.6 is 0 Å². The van der Waals surface area contributed by atoms with E-state index in [4.69, 9.17) is 0 Å². The number of hydrogen-bond acceptors (Lipinski definition) is 1. The Morgan fingerprint density at radius 3 is 2.58 bits per heavy atom. The highest BCUT2D eigenvalue weighted by Gasteiger charge is 2.21. The summed E-state index contributed by atoms with van der Waals surface area (Å²) in [6, 6.07) is 11.2. The normalized spacial score (nSPS) is 14.3. The Morgan fingerprint density at radius 1 is 1.12 bits per heavy atom. The average Bonchev–Trinajstić information content (AvgIpc) is 3.35. The second-order valence-electron chi connectivity index (χ2n) is 6.96. The van der Waals surface area contributed by atoms with Crippen LogP contribution in [-0.4, -0.2) is 24.8 Å². The lowest BCUT2D eigenvalue weighted by molar-refractivity contribution is 0.488. The fourth-order valence-electron chi connectivity index (χ4n) is 2.95. The summed E-state index contributed by atoms with van der Waals surface area (Å²) in [5.41, 5.74) is 5.17. The number of nitrogens with zero attached hydrogens (tertiary/aromatic N) is 2. The lowest BCUT2D eigenvalue weighted by Gasteiger charge is -2.13. The highest BCUT2D eigenvalue weighted by Crippen LogP contribution is 2.29. The predicted octanol–water partition coefficient (Wildman–Crippen LogP) is 5.03. The van der Waals surface area contributed by atoms with E-state index in [-0.39, 0.29) is 5.82 Å². The summed E-state index contributed by atoms with van der Waals surface area (Å²) in [5, 5.41) is 0. The highest BCUT2D eigenvalue weighted by atomic mass is 19.1. The van der Waals surface area contributed by atoms with E-state index < -0.39 is 0 Å². The molecule has 3 rings (SSSR count). The zero-order chi connectivity index (χ0) is 17.1. The Bertz CT molecular complexity index is 747. The van der Waals surface area contributed by atoms with Gasteiger partial charge in [0, 0.05) is 20.0 Å². The molecule has 1 saturated carbocycles. The molecule has 2 aromatic carbocycles. The molecule has 0 unspecified atom stereocenters. The van der Waals surface area contributed by atoms with Crippen LogP contribution in [0.3, 0.4) is 0 Å². The Labute approximate surface area is 144 Å². The van der Waals surface area contributed by atoms with Crippen LogP contribution in [0.25, 0.3) is 0 Å². The number of halogens is 1. The monoisotopic (exact) mass is 324 g/mol. The van der Waals surface area contributed by atoms with E-state index in [1.807, 2.05) is 18.5 Å². The van der Waals surface area contributed by atoms with Gasteiger partial charge in [0.15, 0.2) is 0 Å². The molecule has 0 aliphatic heterocycles. The van der Waals surface area contributed by atoms with E-state index in [1.54, 1.807) is 6.07 Å². The molecule has 0 amide bonds. The van der Waals surface area contributed by atoms with Crippen LogP contribution < -0.4 is 0 Å². The first-order chi connectivity index (χ1) is 11.5. The molecule has 0 atom stereocenters. The largest absolute Gasteiger partial charge is 0.365 e. The summed E-state index contributed by atoms with van der Waals surface area (Å²) in [4.78, 5) is 6.81. The van der Waals surface area contributed by atoms with E-state index >= 15 is 0 Å². The van der Waals surface area contributed by atoms with Gasteiger partial charge in [-0.05, 0) is 67.0 Å². The second-order valence-corrected chi connectivity index (χ2v) is 6.96. The molecule has 126 valence electrons. The summed E-state index contributed by atoms with van der Waals surface area (Å²) in [7, 11) is 2.08. The maximum absolute atomic E-state index is 13.9. The van der Waals surface area contributed by atoms with Crippen molar-refractivity contribution in [2.24, 2.45) is 10.9 Å². The summed E-state index contributed by atoms with van der Waals surface area (Å²) < 4.78 is 13.9. The van der Waals surface area contributed by atoms with Crippen LogP contribution in [0.5, 0.6) is 0 Å². The SMILES string of the molecule is Cc1cc(N=CN(C)CC2CC2)c(C)cc1Cc1ccccc1F. The molecule has 0 aromatic heterocycles. The molecule has 0 radical (unpaired) electrons. The van der Waals surface area contributed by atoms with Crippen LogP contribution in [0, 0.1) is 25.6 Å². The lowest BCUT2D eigenvalue weighted by Crippen LogP contribution is -2.18. The van der Waals surface area contributed by atoms with Crippen LogP contribution in [-0.2, 0) is 6.42 Å². The Balaban J connectivity index is 1.75. The van der Waals surface area contributed by atoms with Crippen LogP contribution in [0.1, 0.15) is 35.1 Å². The van der Waals surface area contributed by atoms with Crippen molar-refractivity contribution in [3.05, 3.63) is 64.5 Å². The number of aryl methyl sites for hydroxylation is 2. The predicted molar refractivity (Wildman–Crippen MR) is 98.6 cm³/mol. The van der Waals surface area contributed by atoms with Crippen molar-refractivity contribution >= 4 is 12.0 Å². The molecule has 1 aliphatic rings. The third-order valence-electron chi connectivity index (χ3n) is 4.63. The molecule has 3 heteroatoms. The Hall–Kier alpha value is -2.16. The molecule has 0 N–H and O–H groups in total. The van der Waals surface area contributed by atoms with Gasteiger partial charge in [0.1, 0.15) is 5.82 Å². The second kappa shape index (κ2) is 7.16. The molecular weight excluding hydrogens is 299 g/mol. The molecule has 1 aliphatic carbocycles. The number of rotatable bonds is 6. The summed E-state index contributed by atoms with van der Waals surface area (Å²) in [6.45, 7) is 5.23. The van der Waals surface area contributed by atoms with Crippen molar-refractivity contribution in [3.63, 3.8) is 0 Å². The highest BCUT2D eigenvalue weighted by molar-refractivity contribution is 5.64. The van der Waals surface area contributed by atoms with Crippen LogP contribution in [0.2, 0.25) is 0 Å². The first kappa shape index (κ1) is 16.7. The van der Waals surface area contributed by atoms with Gasteiger partial charge < -0.3 is 4.90 Å². The number of benzene rings is 2. The molecule has 0 heterocycles. The first-order valence-corrected chi connectivity index (χ1v) is 8.61. The van der Waals surface area contributed by atoms with E-state index in [0.29, 0.717) is 6.42 Å². The van der Waals surface area contributed by atoms with Gasteiger partial charge in [-0.15, -0.1) is 0 Å². The molecule has 2 aromatic rings. The van der Waals surface area contributed by atoms with Gasteiger partial charge >= 0.3 is 0 Å². The zero-order valence-electron chi connectivity index (χ0n) is 14.7. The molecule has 24 heavy (non-hydrogen) atoms. The van der Waals surface area contributed by atoms with Crippen molar-refractivity contribution in [2.45, 2.75) is 33.1 Å². The van der Waals surface area contributed by atoms with Gasteiger partial charge in [0.25, 0.3) is 0 Å². The van der Waals surface area contributed by atoms with Crippen molar-refractivity contribution in [1.82, 2.24) is 4.90 Å². The Morgan fingerprint density at radius 2 is 1.88 bits per heavy atom. The quantitative estimate of drug-likeness (QED) is 0.537. The topological polar surface area (TPSA) is 15.6 Å². The van der Waals surface area contributed by atoms with Gasteiger partial charge in [0.2, 0.25) is 0 Å². The summed E-state index contributed by atoms with van der Waals surface area (Å²) in [6.07, 6.45) is 5.24. The standard InChI is InChI=1S/C21H25FN2/c1-15-11-21(23-14-24(3)13-17-8-9-17)16(2)10-19(15)12-18-6-4-5-7-20(18)22/h4-7,10-11,14,17H,8-9,12-13H2,1-3H3. The van der Waals surface area contributed by atoms with Crippen molar-refractivity contribution < 1.29 is 4.39 Å². The smallest absolute Gasteiger partial charge is 0.126 e. The van der Waals surface area contributed by atoms with Crippen molar-refractivity contribution in [2.75, 3.05) is 13.6 Å². The van der Waals surface area contributed by atoms with Gasteiger partial charge in [-0.1, -0.05) is 24.3 Å². The first-order valence-electron chi connectivity index (χ1n) is 8.61. The average molecular weight is 324 g/mol. The van der Waals surface area contributed by atoms with Crippen LogP contribution in [0.15, 0.2) is 41.4 Å². The lowest BCUT2D eigenvalue weighted by atomic mass is 9.97. The van der Waals surface area contributed by atoms with E-state index in [2.05, 4.69) is 42.9 Å². The summed E-state index contributed by atoms with van der Waals surface area (Å²) in [5.74, 6) is 0.714. The molecule has 0 saturated heterocycles. The van der Waals surface area contributed by atoms with E-state index in [0.717, 1.165) is 40.4 Å². The fourth-order valence-corrected chi connectivity index (χ4v) is 2.95. The van der Waals surface area contributed by atoms with Crippen LogP contribution in [0.4, 0.5) is 10.1 Å². The molecule has 1 fully saturated rings. The zero-order valence-corrected chi connectivity index (χ0v) is 14.7. The number of hydrogen-bond donors (Lipinski definition) is 0. The van der Waals surface area contributed by atoms with Gasteiger partial charge in [-0.3, -0.25) is 0 Å². The fraction of sp³-hybridized carbons (Fsp3) is 0.381. The maximum atomic E-state index is 13.9. The molecule has 0 spiro atoms. The van der Waals surface area contributed by atoms with Crippen molar-refractivity contribution in [3.8, 4) is 0 Å². The van der Waals surface area contributed by atoms with Gasteiger partial charge in [0.05, 0.1) is 12.0 Å². The molecule has 0 bridgehead atoms. The molecule has 2 nitrogen and oxygen atoms in total. The third kappa shape index (κ3) is 4.22. The minimum atomic E-state index is -0.140. The van der Waals surface area contributed by atoms with E-state index in [1.165, 1.54) is 18.9 Å². The maximum Gasteiger partial charge on any atom is 0.126 e.